The fourth-order valence-corrected chi connectivity index (χ4v) is 2.44. The number of nitro groups is 1. The van der Waals surface area contributed by atoms with Gasteiger partial charge >= 0.3 is 5.97 Å². The number of rotatable bonds is 4. The molecule has 10 heteroatoms. The van der Waals surface area contributed by atoms with Gasteiger partial charge in [-0.1, -0.05) is 0 Å². The summed E-state index contributed by atoms with van der Waals surface area (Å²) in [6.07, 6.45) is 0. The van der Waals surface area contributed by atoms with Gasteiger partial charge in [0.1, 0.15) is 6.54 Å². The Morgan fingerprint density at radius 2 is 2.00 bits per heavy atom. The third-order valence-electron chi connectivity index (χ3n) is 3.58. The minimum Gasteiger partial charge on any atom is -0.423 e. The highest BCUT2D eigenvalue weighted by atomic mass is 19.2. The van der Waals surface area contributed by atoms with Gasteiger partial charge in [0.2, 0.25) is 5.91 Å². The van der Waals surface area contributed by atoms with E-state index in [0.717, 1.165) is 18.2 Å². The van der Waals surface area contributed by atoms with Crippen molar-refractivity contribution in [3.8, 4) is 5.75 Å². The van der Waals surface area contributed by atoms with E-state index >= 15 is 0 Å². The average Bonchev–Trinajstić information content (AvgIpc) is 2.57. The molecule has 1 aliphatic heterocycles. The maximum absolute atomic E-state index is 13.2. The monoisotopic (exact) mass is 363 g/mol. The van der Waals surface area contributed by atoms with Crippen LogP contribution in [-0.4, -0.2) is 29.9 Å². The highest BCUT2D eigenvalue weighted by molar-refractivity contribution is 5.96. The molecule has 1 heterocycles. The maximum atomic E-state index is 13.2. The van der Waals surface area contributed by atoms with E-state index in [4.69, 9.17) is 4.74 Å². The summed E-state index contributed by atoms with van der Waals surface area (Å²) in [5, 5.41) is 13.2. The summed E-state index contributed by atoms with van der Waals surface area (Å²) in [6, 6.07) is 6.57. The molecule has 0 atom stereocenters. The number of benzene rings is 2. The average molecular weight is 363 g/mol. The summed E-state index contributed by atoms with van der Waals surface area (Å²) >= 11 is 0. The summed E-state index contributed by atoms with van der Waals surface area (Å²) in [4.78, 5) is 35.4. The number of nitrogens with zero attached hydrogens (tertiary/aromatic N) is 2. The SMILES string of the molecule is O=C(CN1CC(=O)Oc2cc([N+](=O)[O-])ccc21)Nc1ccc(F)c(F)c1. The van der Waals surface area contributed by atoms with Crippen molar-refractivity contribution in [2.45, 2.75) is 0 Å². The lowest BCUT2D eigenvalue weighted by atomic mass is 10.2. The van der Waals surface area contributed by atoms with Crippen molar-refractivity contribution in [1.82, 2.24) is 0 Å². The summed E-state index contributed by atoms with van der Waals surface area (Å²) in [6.45, 7) is -0.533. The number of carbonyl (C=O) groups excluding carboxylic acids is 2. The quantitative estimate of drug-likeness (QED) is 0.387. The number of nitrogens with one attached hydrogen (secondary N) is 1. The molecular weight excluding hydrogens is 352 g/mol. The predicted molar refractivity (Wildman–Crippen MR) is 85.9 cm³/mol. The van der Waals surface area contributed by atoms with Gasteiger partial charge in [0, 0.05) is 17.8 Å². The van der Waals surface area contributed by atoms with Gasteiger partial charge in [-0.2, -0.15) is 0 Å². The van der Waals surface area contributed by atoms with Gasteiger partial charge in [-0.15, -0.1) is 0 Å². The van der Waals surface area contributed by atoms with E-state index < -0.39 is 28.4 Å². The fourth-order valence-electron chi connectivity index (χ4n) is 2.44. The van der Waals surface area contributed by atoms with Gasteiger partial charge in [-0.25, -0.2) is 13.6 Å². The van der Waals surface area contributed by atoms with Crippen molar-refractivity contribution >= 4 is 28.9 Å². The molecule has 1 amide bonds. The smallest absolute Gasteiger partial charge is 0.331 e. The Bertz CT molecular complexity index is 919. The van der Waals surface area contributed by atoms with Gasteiger partial charge in [-0.3, -0.25) is 14.9 Å². The molecule has 0 saturated carbocycles. The molecule has 0 radical (unpaired) electrons. The zero-order valence-corrected chi connectivity index (χ0v) is 13.1. The van der Waals surface area contributed by atoms with Crippen LogP contribution in [-0.2, 0) is 9.59 Å². The number of esters is 1. The van der Waals surface area contributed by atoms with Crippen LogP contribution in [0.5, 0.6) is 5.75 Å². The number of nitro benzene ring substituents is 1. The minimum absolute atomic E-state index is 0.0314. The molecule has 0 spiro atoms. The molecule has 26 heavy (non-hydrogen) atoms. The maximum Gasteiger partial charge on any atom is 0.331 e. The Morgan fingerprint density at radius 1 is 1.23 bits per heavy atom. The zero-order chi connectivity index (χ0) is 18.8. The van der Waals surface area contributed by atoms with Crippen molar-refractivity contribution < 1.29 is 28.0 Å². The van der Waals surface area contributed by atoms with Crippen LogP contribution in [0.4, 0.5) is 25.8 Å². The van der Waals surface area contributed by atoms with Crippen LogP contribution in [0.1, 0.15) is 0 Å². The molecule has 2 aromatic rings. The normalized spacial score (nSPS) is 13.0. The number of carbonyl (C=O) groups is 2. The molecule has 134 valence electrons. The van der Waals surface area contributed by atoms with E-state index in [2.05, 4.69) is 5.32 Å². The van der Waals surface area contributed by atoms with Crippen LogP contribution >= 0.6 is 0 Å². The molecule has 0 fully saturated rings. The van der Waals surface area contributed by atoms with Crippen LogP contribution in [0.2, 0.25) is 0 Å². The Labute approximate surface area is 145 Å². The first-order chi connectivity index (χ1) is 12.3. The van der Waals surface area contributed by atoms with Gasteiger partial charge in [0.15, 0.2) is 17.4 Å². The number of hydrogen-bond acceptors (Lipinski definition) is 6. The third kappa shape index (κ3) is 3.58. The first-order valence-corrected chi connectivity index (χ1v) is 7.32. The van der Waals surface area contributed by atoms with Crippen LogP contribution in [0, 0.1) is 21.7 Å². The van der Waals surface area contributed by atoms with Crippen LogP contribution in [0.25, 0.3) is 0 Å². The van der Waals surface area contributed by atoms with E-state index in [0.29, 0.717) is 5.69 Å². The van der Waals surface area contributed by atoms with E-state index in [-0.39, 0.29) is 30.2 Å². The standard InChI is InChI=1S/C16H11F2N3O5/c17-11-3-1-9(5-12(11)18)19-15(22)7-20-8-16(23)26-14-6-10(21(24)25)2-4-13(14)20/h1-6H,7-8H2,(H,19,22). The first kappa shape index (κ1) is 17.3. The van der Waals surface area contributed by atoms with Crippen molar-refractivity contribution in [1.29, 1.82) is 0 Å². The lowest BCUT2D eigenvalue weighted by Crippen LogP contribution is -2.41. The molecule has 1 aliphatic rings. The summed E-state index contributed by atoms with van der Waals surface area (Å²) < 4.78 is 31.1. The number of anilines is 2. The third-order valence-corrected chi connectivity index (χ3v) is 3.58. The number of fused-ring (bicyclic) bond motifs is 1. The Morgan fingerprint density at radius 3 is 2.69 bits per heavy atom. The van der Waals surface area contributed by atoms with Crippen molar-refractivity contribution in [3.63, 3.8) is 0 Å². The van der Waals surface area contributed by atoms with Crippen molar-refractivity contribution in [2.24, 2.45) is 0 Å². The lowest BCUT2D eigenvalue weighted by Gasteiger charge is -2.28. The van der Waals surface area contributed by atoms with Crippen LogP contribution < -0.4 is 15.0 Å². The molecule has 0 aromatic heterocycles. The number of ether oxygens (including phenoxy) is 1. The zero-order valence-electron chi connectivity index (χ0n) is 13.1. The topological polar surface area (TPSA) is 102 Å². The fraction of sp³-hybridized carbons (Fsp3) is 0.125. The number of halogens is 2. The Kier molecular flexibility index (Phi) is 4.48. The van der Waals surface area contributed by atoms with Gasteiger partial charge < -0.3 is 15.0 Å². The largest absolute Gasteiger partial charge is 0.423 e. The predicted octanol–water partition coefficient (Wildman–Crippen LogP) is 2.24. The lowest BCUT2D eigenvalue weighted by molar-refractivity contribution is -0.384. The molecule has 8 nitrogen and oxygen atoms in total. The molecule has 2 aromatic carbocycles. The molecule has 0 saturated heterocycles. The van der Waals surface area contributed by atoms with E-state index in [1.807, 2.05) is 0 Å². The van der Waals surface area contributed by atoms with Gasteiger partial charge in [-0.05, 0) is 18.2 Å². The summed E-state index contributed by atoms with van der Waals surface area (Å²) in [7, 11) is 0. The molecule has 0 aliphatic carbocycles. The second-order valence-corrected chi connectivity index (χ2v) is 5.42. The van der Waals surface area contributed by atoms with Crippen molar-refractivity contribution in [2.75, 3.05) is 23.3 Å². The highest BCUT2D eigenvalue weighted by Crippen LogP contribution is 2.35. The molecule has 0 unspecified atom stereocenters. The van der Waals surface area contributed by atoms with E-state index in [1.54, 1.807) is 0 Å². The number of non-ortho nitro benzene ring substituents is 1. The summed E-state index contributed by atoms with van der Waals surface area (Å²) in [5.41, 5.74) is 0.123. The van der Waals surface area contributed by atoms with E-state index in [1.165, 1.54) is 23.1 Å². The second-order valence-electron chi connectivity index (χ2n) is 5.42. The summed E-state index contributed by atoms with van der Waals surface area (Å²) in [5.74, 6) is -3.45. The number of amides is 1. The Hall–Kier alpha value is -3.56. The Balaban J connectivity index is 1.77. The van der Waals surface area contributed by atoms with Crippen LogP contribution in [0.15, 0.2) is 36.4 Å². The van der Waals surface area contributed by atoms with Gasteiger partial charge in [0.05, 0.1) is 23.2 Å². The minimum atomic E-state index is -1.11. The highest BCUT2D eigenvalue weighted by Gasteiger charge is 2.27. The second kappa shape index (κ2) is 6.75. The van der Waals surface area contributed by atoms with Crippen LogP contribution in [0.3, 0.4) is 0 Å². The van der Waals surface area contributed by atoms with Gasteiger partial charge in [0.25, 0.3) is 5.69 Å². The molecule has 0 bridgehead atoms. The van der Waals surface area contributed by atoms with E-state index in [9.17, 15) is 28.5 Å². The molecule has 1 N–H and O–H groups in total. The number of hydrogen-bond donors (Lipinski definition) is 1. The molecule has 3 rings (SSSR count). The van der Waals surface area contributed by atoms with Crippen molar-refractivity contribution in [3.05, 3.63) is 58.1 Å². The first-order valence-electron chi connectivity index (χ1n) is 7.32. The molecular formula is C16H11F2N3O5.